The van der Waals surface area contributed by atoms with Gasteiger partial charge in [-0.05, 0) is 68.1 Å². The van der Waals surface area contributed by atoms with Gasteiger partial charge < -0.3 is 0 Å². The fraction of sp³-hybridized carbons (Fsp3) is 0. The smallest absolute Gasteiger partial charge is 0.0406 e. The van der Waals surface area contributed by atoms with Crippen LogP contribution in [0.5, 0.6) is 0 Å². The topological polar surface area (TPSA) is 0 Å². The maximum atomic E-state index is 6.02. The Kier molecular flexibility index (Phi) is 3.92. The highest BCUT2D eigenvalue weighted by Gasteiger charge is 2.05. The summed E-state index contributed by atoms with van der Waals surface area (Å²) in [6.45, 7) is 0. The number of halogens is 1. The molecule has 0 bridgehead atoms. The average molecular weight is 365 g/mol. The Morgan fingerprint density at radius 3 is 1.44 bits per heavy atom. The van der Waals surface area contributed by atoms with Crippen LogP contribution in [-0.2, 0) is 0 Å². The lowest BCUT2D eigenvalue weighted by molar-refractivity contribution is 1.64. The predicted octanol–water partition coefficient (Wildman–Crippen LogP) is 7.98. The van der Waals surface area contributed by atoms with Gasteiger partial charge in [-0.25, -0.2) is 0 Å². The van der Waals surface area contributed by atoms with E-state index in [0.29, 0.717) is 0 Å². The van der Waals surface area contributed by atoms with Gasteiger partial charge in [0.25, 0.3) is 0 Å². The van der Waals surface area contributed by atoms with E-state index in [1.165, 1.54) is 43.8 Å². The second-order valence-corrected chi connectivity index (χ2v) is 7.25. The van der Waals surface area contributed by atoms with Crippen molar-refractivity contribution in [2.45, 2.75) is 0 Å². The summed E-state index contributed by atoms with van der Waals surface area (Å²) in [6.07, 6.45) is 0. The molecular formula is C26H17Cl. The van der Waals surface area contributed by atoms with E-state index < -0.39 is 0 Å². The first-order chi connectivity index (χ1) is 13.3. The highest BCUT2D eigenvalue weighted by Crippen LogP contribution is 2.32. The zero-order valence-corrected chi connectivity index (χ0v) is 15.4. The van der Waals surface area contributed by atoms with Crippen LogP contribution in [0.4, 0.5) is 0 Å². The van der Waals surface area contributed by atoms with Crippen molar-refractivity contribution in [2.24, 2.45) is 0 Å². The van der Waals surface area contributed by atoms with Crippen LogP contribution in [0.25, 0.3) is 43.8 Å². The molecule has 0 aromatic heterocycles. The Balaban J connectivity index is 1.63. The van der Waals surface area contributed by atoms with Crippen LogP contribution < -0.4 is 0 Å². The summed E-state index contributed by atoms with van der Waals surface area (Å²) in [7, 11) is 0. The van der Waals surface area contributed by atoms with Gasteiger partial charge in [0.15, 0.2) is 0 Å². The molecule has 0 amide bonds. The van der Waals surface area contributed by atoms with Crippen molar-refractivity contribution in [1.82, 2.24) is 0 Å². The summed E-state index contributed by atoms with van der Waals surface area (Å²) in [6, 6.07) is 36.4. The first kappa shape index (κ1) is 16.1. The minimum Gasteiger partial charge on any atom is -0.0843 e. The van der Waals surface area contributed by atoms with Gasteiger partial charge in [0.05, 0.1) is 0 Å². The molecule has 0 saturated heterocycles. The summed E-state index contributed by atoms with van der Waals surface area (Å²) < 4.78 is 0. The molecule has 0 N–H and O–H groups in total. The molecule has 0 saturated carbocycles. The molecule has 0 aliphatic rings. The number of rotatable bonds is 2. The quantitative estimate of drug-likeness (QED) is 0.278. The molecular weight excluding hydrogens is 348 g/mol. The monoisotopic (exact) mass is 364 g/mol. The van der Waals surface area contributed by atoms with E-state index in [1.807, 2.05) is 12.1 Å². The molecule has 1 heteroatoms. The molecule has 0 heterocycles. The van der Waals surface area contributed by atoms with Crippen LogP contribution in [0.3, 0.4) is 0 Å². The molecule has 0 aliphatic heterocycles. The van der Waals surface area contributed by atoms with Crippen molar-refractivity contribution in [3.63, 3.8) is 0 Å². The van der Waals surface area contributed by atoms with E-state index >= 15 is 0 Å². The van der Waals surface area contributed by atoms with Crippen molar-refractivity contribution in [3.8, 4) is 22.3 Å². The molecule has 0 unspecified atom stereocenters. The van der Waals surface area contributed by atoms with Gasteiger partial charge in [0.2, 0.25) is 0 Å². The van der Waals surface area contributed by atoms with Gasteiger partial charge in [-0.1, -0.05) is 90.5 Å². The van der Waals surface area contributed by atoms with E-state index in [0.717, 1.165) is 5.02 Å². The van der Waals surface area contributed by atoms with Crippen molar-refractivity contribution in [2.75, 3.05) is 0 Å². The summed E-state index contributed by atoms with van der Waals surface area (Å²) in [5.41, 5.74) is 4.89. The molecule has 128 valence electrons. The van der Waals surface area contributed by atoms with E-state index in [9.17, 15) is 0 Å². The molecule has 0 aliphatic carbocycles. The molecule has 5 rings (SSSR count). The van der Waals surface area contributed by atoms with E-state index in [2.05, 4.69) is 91.0 Å². The number of fused-ring (bicyclic) bond motifs is 3. The third-order valence-electron chi connectivity index (χ3n) is 5.12. The third kappa shape index (κ3) is 2.99. The van der Waals surface area contributed by atoms with E-state index in [4.69, 9.17) is 11.6 Å². The Bertz CT molecular complexity index is 1250. The first-order valence-electron chi connectivity index (χ1n) is 9.06. The van der Waals surface area contributed by atoms with Crippen molar-refractivity contribution in [1.29, 1.82) is 0 Å². The van der Waals surface area contributed by atoms with Crippen LogP contribution in [0.2, 0.25) is 5.02 Å². The lowest BCUT2D eigenvalue weighted by Crippen LogP contribution is -1.83. The lowest BCUT2D eigenvalue weighted by atomic mass is 9.95. The Morgan fingerprint density at radius 2 is 0.889 bits per heavy atom. The first-order valence-corrected chi connectivity index (χ1v) is 9.44. The second kappa shape index (κ2) is 6.57. The molecule has 0 nitrogen and oxygen atoms in total. The fourth-order valence-electron chi connectivity index (χ4n) is 3.70. The summed E-state index contributed by atoms with van der Waals surface area (Å²) in [5, 5.41) is 5.85. The molecule has 5 aromatic rings. The molecule has 0 atom stereocenters. The van der Waals surface area contributed by atoms with Crippen molar-refractivity contribution in [3.05, 3.63) is 108 Å². The zero-order valence-electron chi connectivity index (χ0n) is 14.7. The van der Waals surface area contributed by atoms with Crippen LogP contribution >= 0.6 is 11.6 Å². The van der Waals surface area contributed by atoms with Crippen LogP contribution in [0.1, 0.15) is 0 Å². The minimum atomic E-state index is 0.764. The molecule has 0 spiro atoms. The molecule has 27 heavy (non-hydrogen) atoms. The lowest BCUT2D eigenvalue weighted by Gasteiger charge is -2.09. The Morgan fingerprint density at radius 1 is 0.407 bits per heavy atom. The summed E-state index contributed by atoms with van der Waals surface area (Å²) >= 11 is 6.02. The maximum Gasteiger partial charge on any atom is 0.0406 e. The normalized spacial score (nSPS) is 11.1. The highest BCUT2D eigenvalue weighted by molar-refractivity contribution is 6.30. The van der Waals surface area contributed by atoms with Crippen LogP contribution in [0.15, 0.2) is 103 Å². The van der Waals surface area contributed by atoms with Gasteiger partial charge >= 0.3 is 0 Å². The fourth-order valence-corrected chi connectivity index (χ4v) is 3.83. The van der Waals surface area contributed by atoms with Gasteiger partial charge in [-0.3, -0.25) is 0 Å². The van der Waals surface area contributed by atoms with E-state index in [1.54, 1.807) is 0 Å². The van der Waals surface area contributed by atoms with Crippen molar-refractivity contribution < 1.29 is 0 Å². The van der Waals surface area contributed by atoms with Crippen molar-refractivity contribution >= 4 is 33.1 Å². The molecule has 0 fully saturated rings. The Labute approximate surface area is 163 Å². The standard InChI is InChI=1S/C26H17Cl/c27-24-12-8-19(9-13-24)21-11-15-26-23(17-21)7-6-22-16-20(10-14-25(22)26)18-4-2-1-3-5-18/h1-17H. The second-order valence-electron chi connectivity index (χ2n) is 6.81. The SMILES string of the molecule is Clc1ccc(-c2ccc3c(ccc4cc(-c5ccccc5)ccc43)c2)cc1. The third-order valence-corrected chi connectivity index (χ3v) is 5.37. The summed E-state index contributed by atoms with van der Waals surface area (Å²) in [5.74, 6) is 0. The number of hydrogen-bond donors (Lipinski definition) is 0. The average Bonchev–Trinajstić information content (AvgIpc) is 2.74. The number of hydrogen-bond acceptors (Lipinski definition) is 0. The van der Waals surface area contributed by atoms with Gasteiger partial charge in [0, 0.05) is 5.02 Å². The van der Waals surface area contributed by atoms with Crippen LogP contribution in [0, 0.1) is 0 Å². The maximum absolute atomic E-state index is 6.02. The predicted molar refractivity (Wildman–Crippen MR) is 117 cm³/mol. The Hall–Kier alpha value is -3.09. The number of benzene rings is 5. The van der Waals surface area contributed by atoms with Gasteiger partial charge in [0.1, 0.15) is 0 Å². The highest BCUT2D eigenvalue weighted by atomic mass is 35.5. The summed E-state index contributed by atoms with van der Waals surface area (Å²) in [4.78, 5) is 0. The van der Waals surface area contributed by atoms with Gasteiger partial charge in [-0.2, -0.15) is 0 Å². The molecule has 0 radical (unpaired) electrons. The molecule has 5 aromatic carbocycles. The largest absolute Gasteiger partial charge is 0.0843 e. The zero-order chi connectivity index (χ0) is 18.2. The minimum absolute atomic E-state index is 0.764. The van der Waals surface area contributed by atoms with Gasteiger partial charge in [-0.15, -0.1) is 0 Å². The van der Waals surface area contributed by atoms with E-state index in [-0.39, 0.29) is 0 Å². The van der Waals surface area contributed by atoms with Crippen LogP contribution in [-0.4, -0.2) is 0 Å².